The van der Waals surface area contributed by atoms with Crippen LogP contribution in [0, 0.1) is 11.8 Å². The van der Waals surface area contributed by atoms with Gasteiger partial charge in [0, 0.05) is 17.7 Å². The van der Waals surface area contributed by atoms with Crippen molar-refractivity contribution < 1.29 is 34.6 Å². The molecule has 3 unspecified atom stereocenters. The van der Waals surface area contributed by atoms with Crippen molar-refractivity contribution in [3.63, 3.8) is 0 Å². The Morgan fingerprint density at radius 3 is 2.35 bits per heavy atom. The molecule has 34 heavy (non-hydrogen) atoms. The Morgan fingerprint density at radius 2 is 1.71 bits per heavy atom. The molecular weight excluding hydrogens is 460 g/mol. The van der Waals surface area contributed by atoms with Crippen LogP contribution >= 0.6 is 11.6 Å². The summed E-state index contributed by atoms with van der Waals surface area (Å²) >= 11 is 6.48. The Hall–Kier alpha value is -1.71. The molecule has 1 heterocycles. The highest BCUT2D eigenvalue weighted by Crippen LogP contribution is 2.52. The second-order valence-electron chi connectivity index (χ2n) is 9.73. The SMILES string of the molecule is COC1(c2ccc(Cl)c(Cc3ccc(OC4CC5CC5C4)cc3)c2)O[C@H](CO)[C@@H](O)[C@H](O)[C@H]1O. The maximum atomic E-state index is 10.8. The molecule has 1 aliphatic heterocycles. The molecule has 7 nitrogen and oxygen atoms in total. The zero-order chi connectivity index (χ0) is 24.0. The topological polar surface area (TPSA) is 109 Å². The molecule has 3 fully saturated rings. The lowest BCUT2D eigenvalue weighted by Gasteiger charge is -2.47. The van der Waals surface area contributed by atoms with Gasteiger partial charge < -0.3 is 34.6 Å². The maximum absolute atomic E-state index is 10.8. The third kappa shape index (κ3) is 4.35. The molecule has 5 rings (SSSR count). The van der Waals surface area contributed by atoms with Gasteiger partial charge in [0.2, 0.25) is 5.79 Å². The van der Waals surface area contributed by atoms with Crippen LogP contribution in [0.15, 0.2) is 42.5 Å². The molecule has 3 aliphatic rings. The molecule has 2 saturated carbocycles. The van der Waals surface area contributed by atoms with E-state index in [9.17, 15) is 20.4 Å². The molecular formula is C26H31ClO7. The second-order valence-corrected chi connectivity index (χ2v) is 10.1. The van der Waals surface area contributed by atoms with Crippen LogP contribution in [0.25, 0.3) is 0 Å². The van der Waals surface area contributed by atoms with Crippen molar-refractivity contribution >= 4 is 11.6 Å². The summed E-state index contributed by atoms with van der Waals surface area (Å²) in [5.74, 6) is 0.843. The molecule has 7 atom stereocenters. The third-order valence-electron chi connectivity index (χ3n) is 7.52. The number of fused-ring (bicyclic) bond motifs is 1. The summed E-state index contributed by atoms with van der Waals surface area (Å²) in [6.45, 7) is -0.549. The van der Waals surface area contributed by atoms with Gasteiger partial charge in [0.05, 0.1) is 12.7 Å². The first-order valence-electron chi connectivity index (χ1n) is 11.8. The van der Waals surface area contributed by atoms with Gasteiger partial charge >= 0.3 is 0 Å². The lowest BCUT2D eigenvalue weighted by atomic mass is 9.87. The summed E-state index contributed by atoms with van der Waals surface area (Å²) < 4.78 is 17.5. The predicted octanol–water partition coefficient (Wildman–Crippen LogP) is 2.38. The molecule has 2 aromatic carbocycles. The molecule has 8 heteroatoms. The van der Waals surface area contributed by atoms with Crippen molar-refractivity contribution in [2.24, 2.45) is 11.8 Å². The first-order valence-corrected chi connectivity index (χ1v) is 12.1. The smallest absolute Gasteiger partial charge is 0.224 e. The van der Waals surface area contributed by atoms with E-state index in [-0.39, 0.29) is 0 Å². The minimum Gasteiger partial charge on any atom is -0.490 e. The summed E-state index contributed by atoms with van der Waals surface area (Å²) in [4.78, 5) is 0. The van der Waals surface area contributed by atoms with Gasteiger partial charge in [-0.2, -0.15) is 0 Å². The van der Waals surface area contributed by atoms with Crippen LogP contribution < -0.4 is 4.74 Å². The van der Waals surface area contributed by atoms with Crippen molar-refractivity contribution in [2.75, 3.05) is 13.7 Å². The number of aliphatic hydroxyl groups is 4. The number of benzene rings is 2. The fraction of sp³-hybridized carbons (Fsp3) is 0.538. The van der Waals surface area contributed by atoms with E-state index < -0.39 is 36.8 Å². The minimum absolute atomic E-state index is 0.324. The molecule has 4 N–H and O–H groups in total. The van der Waals surface area contributed by atoms with Gasteiger partial charge in [-0.1, -0.05) is 29.8 Å². The van der Waals surface area contributed by atoms with E-state index in [1.807, 2.05) is 24.3 Å². The lowest BCUT2D eigenvalue weighted by molar-refractivity contribution is -0.366. The quantitative estimate of drug-likeness (QED) is 0.472. The maximum Gasteiger partial charge on any atom is 0.224 e. The van der Waals surface area contributed by atoms with Crippen molar-refractivity contribution in [1.82, 2.24) is 0 Å². The molecule has 0 aromatic heterocycles. The fourth-order valence-electron chi connectivity index (χ4n) is 5.45. The Balaban J connectivity index is 1.35. The van der Waals surface area contributed by atoms with Crippen LogP contribution in [0.3, 0.4) is 0 Å². The van der Waals surface area contributed by atoms with E-state index in [1.54, 1.807) is 18.2 Å². The molecule has 0 radical (unpaired) electrons. The predicted molar refractivity (Wildman–Crippen MR) is 125 cm³/mol. The molecule has 0 bridgehead atoms. The number of hydrogen-bond donors (Lipinski definition) is 4. The fourth-order valence-corrected chi connectivity index (χ4v) is 5.63. The van der Waals surface area contributed by atoms with E-state index in [1.165, 1.54) is 13.5 Å². The Labute approximate surface area is 203 Å². The highest BCUT2D eigenvalue weighted by atomic mass is 35.5. The molecule has 0 spiro atoms. The van der Waals surface area contributed by atoms with Gasteiger partial charge in [-0.3, -0.25) is 0 Å². The van der Waals surface area contributed by atoms with E-state index in [0.29, 0.717) is 23.1 Å². The highest BCUT2D eigenvalue weighted by Gasteiger charge is 2.55. The molecule has 2 aromatic rings. The Kier molecular flexibility index (Phi) is 6.63. The van der Waals surface area contributed by atoms with Crippen molar-refractivity contribution in [3.05, 3.63) is 64.2 Å². The monoisotopic (exact) mass is 490 g/mol. The number of aliphatic hydroxyl groups excluding tert-OH is 4. The largest absolute Gasteiger partial charge is 0.490 e. The van der Waals surface area contributed by atoms with Crippen molar-refractivity contribution in [2.45, 2.75) is 62.0 Å². The molecule has 2 aliphatic carbocycles. The third-order valence-corrected chi connectivity index (χ3v) is 7.89. The summed E-state index contributed by atoms with van der Waals surface area (Å²) in [7, 11) is 1.34. The zero-order valence-electron chi connectivity index (χ0n) is 19.0. The normalized spacial score (nSPS) is 36.8. The van der Waals surface area contributed by atoms with E-state index >= 15 is 0 Å². The number of methoxy groups -OCH3 is 1. The average Bonchev–Trinajstić information content (AvgIpc) is 3.46. The highest BCUT2D eigenvalue weighted by molar-refractivity contribution is 6.31. The number of rotatable bonds is 7. The van der Waals surface area contributed by atoms with Gasteiger partial charge in [0.1, 0.15) is 30.2 Å². The van der Waals surface area contributed by atoms with Crippen LogP contribution in [0.2, 0.25) is 5.02 Å². The second kappa shape index (κ2) is 9.39. The van der Waals surface area contributed by atoms with Crippen LogP contribution in [-0.4, -0.2) is 64.7 Å². The average molecular weight is 491 g/mol. The number of hydrogen-bond acceptors (Lipinski definition) is 7. The standard InChI is InChI=1S/C26H31ClO7/c1-32-26(25(31)24(30)23(29)22(13-28)34-26)18-4-7-21(27)17(10-18)8-14-2-5-19(6-3-14)33-20-11-15-9-16(15)12-20/h2-7,10,15-16,20,22-25,28-31H,8-9,11-13H2,1H3/t15?,16?,20?,22-,23-,24+,25-,26?/m1/s1. The van der Waals surface area contributed by atoms with Crippen molar-refractivity contribution in [3.8, 4) is 5.75 Å². The van der Waals surface area contributed by atoms with E-state index in [4.69, 9.17) is 25.8 Å². The summed E-state index contributed by atoms with van der Waals surface area (Å²) in [6.07, 6.45) is -1.20. The first kappa shape index (κ1) is 24.0. The first-order chi connectivity index (χ1) is 16.3. The molecule has 184 valence electrons. The van der Waals surface area contributed by atoms with Gasteiger partial charge in [-0.05, 0) is 72.9 Å². The van der Waals surface area contributed by atoms with Crippen molar-refractivity contribution in [1.29, 1.82) is 0 Å². The van der Waals surface area contributed by atoms with Crippen LogP contribution in [-0.2, 0) is 21.7 Å². The Bertz CT molecular complexity index is 1000. The van der Waals surface area contributed by atoms with Crippen LogP contribution in [0.5, 0.6) is 5.75 Å². The van der Waals surface area contributed by atoms with Crippen LogP contribution in [0.1, 0.15) is 36.0 Å². The van der Waals surface area contributed by atoms with Gasteiger partial charge in [-0.15, -0.1) is 0 Å². The van der Waals surface area contributed by atoms with Gasteiger partial charge in [0.15, 0.2) is 0 Å². The lowest BCUT2D eigenvalue weighted by Crippen LogP contribution is -2.64. The summed E-state index contributed by atoms with van der Waals surface area (Å²) in [5.41, 5.74) is 2.23. The molecule has 0 amide bonds. The Morgan fingerprint density at radius 1 is 1.00 bits per heavy atom. The molecule has 1 saturated heterocycles. The summed E-state index contributed by atoms with van der Waals surface area (Å²) in [6, 6.07) is 13.0. The van der Waals surface area contributed by atoms with E-state index in [0.717, 1.165) is 41.6 Å². The number of ether oxygens (including phenoxy) is 3. The van der Waals surface area contributed by atoms with Gasteiger partial charge in [0.25, 0.3) is 0 Å². The summed E-state index contributed by atoms with van der Waals surface area (Å²) in [5, 5.41) is 41.4. The van der Waals surface area contributed by atoms with E-state index in [2.05, 4.69) is 0 Å². The minimum atomic E-state index is -1.77. The number of halogens is 1. The zero-order valence-corrected chi connectivity index (χ0v) is 19.8. The van der Waals surface area contributed by atoms with Gasteiger partial charge in [-0.25, -0.2) is 0 Å². The van der Waals surface area contributed by atoms with Crippen LogP contribution in [0.4, 0.5) is 0 Å².